The van der Waals surface area contributed by atoms with E-state index in [1.807, 2.05) is 45.9 Å². The lowest BCUT2D eigenvalue weighted by Gasteiger charge is -2.17. The molecule has 0 atom stereocenters. The molecule has 2 aromatic rings. The lowest BCUT2D eigenvalue weighted by molar-refractivity contribution is -0.123. The van der Waals surface area contributed by atoms with Gasteiger partial charge in [0, 0.05) is 16.7 Å². The van der Waals surface area contributed by atoms with E-state index in [4.69, 9.17) is 15.2 Å². The van der Waals surface area contributed by atoms with Gasteiger partial charge in [-0.05, 0) is 30.2 Å². The number of ether oxygens (including phenoxy) is 2. The lowest BCUT2D eigenvalue weighted by atomic mass is 9.95. The van der Waals surface area contributed by atoms with Crippen LogP contribution in [0.25, 0.3) is 0 Å². The van der Waals surface area contributed by atoms with Crippen LogP contribution in [0.1, 0.15) is 47.1 Å². The number of hydrogen-bond donors (Lipinski definition) is 2. The predicted molar refractivity (Wildman–Crippen MR) is 101 cm³/mol. The number of fused-ring (bicyclic) bond motifs is 1. The second-order valence-electron chi connectivity index (χ2n) is 7.29. The van der Waals surface area contributed by atoms with Gasteiger partial charge in [-0.15, -0.1) is 11.3 Å². The molecule has 1 aliphatic rings. The van der Waals surface area contributed by atoms with Crippen molar-refractivity contribution in [2.24, 2.45) is 11.1 Å². The van der Waals surface area contributed by atoms with Gasteiger partial charge in [0.2, 0.25) is 12.7 Å². The van der Waals surface area contributed by atoms with Crippen molar-refractivity contribution in [3.8, 4) is 11.5 Å². The zero-order valence-electron chi connectivity index (χ0n) is 15.3. The van der Waals surface area contributed by atoms with E-state index < -0.39 is 11.3 Å². The largest absolute Gasteiger partial charge is 0.454 e. The molecule has 1 aromatic carbocycles. The summed E-state index contributed by atoms with van der Waals surface area (Å²) in [5, 5.41) is 3.36. The fourth-order valence-electron chi connectivity index (χ4n) is 2.64. The van der Waals surface area contributed by atoms with Crippen molar-refractivity contribution < 1.29 is 19.1 Å². The highest BCUT2D eigenvalue weighted by atomic mass is 32.1. The molecule has 138 valence electrons. The molecular weight excluding hydrogens is 352 g/mol. The monoisotopic (exact) mass is 374 g/mol. The fraction of sp³-hybridized carbons (Fsp3) is 0.368. The summed E-state index contributed by atoms with van der Waals surface area (Å²) in [7, 11) is 0. The van der Waals surface area contributed by atoms with E-state index in [9.17, 15) is 9.59 Å². The molecule has 6 nitrogen and oxygen atoms in total. The number of nitrogens with two attached hydrogens (primary N) is 1. The van der Waals surface area contributed by atoms with Crippen LogP contribution in [0.15, 0.2) is 18.2 Å². The number of anilines is 1. The third-order valence-electron chi connectivity index (χ3n) is 4.20. The van der Waals surface area contributed by atoms with Gasteiger partial charge in [0.15, 0.2) is 11.5 Å². The van der Waals surface area contributed by atoms with E-state index in [1.54, 1.807) is 0 Å². The third-order valence-corrected chi connectivity index (χ3v) is 5.41. The first-order valence-corrected chi connectivity index (χ1v) is 9.10. The molecule has 0 aliphatic carbocycles. The van der Waals surface area contributed by atoms with Crippen LogP contribution in [0.4, 0.5) is 5.00 Å². The molecular formula is C19H22N2O4S. The highest BCUT2D eigenvalue weighted by Crippen LogP contribution is 2.37. The van der Waals surface area contributed by atoms with Gasteiger partial charge in [-0.1, -0.05) is 26.8 Å². The predicted octanol–water partition coefficient (Wildman–Crippen LogP) is 3.46. The normalized spacial score (nSPS) is 12.9. The first-order chi connectivity index (χ1) is 12.2. The van der Waals surface area contributed by atoms with Crippen molar-refractivity contribution in [1.82, 2.24) is 0 Å². The fourth-order valence-corrected chi connectivity index (χ4v) is 3.88. The van der Waals surface area contributed by atoms with Crippen molar-refractivity contribution in [3.63, 3.8) is 0 Å². The molecule has 7 heteroatoms. The van der Waals surface area contributed by atoms with Gasteiger partial charge < -0.3 is 20.5 Å². The summed E-state index contributed by atoms with van der Waals surface area (Å²) in [6.07, 6.45) is 0.610. The lowest BCUT2D eigenvalue weighted by Crippen LogP contribution is -2.28. The van der Waals surface area contributed by atoms with E-state index in [0.29, 0.717) is 22.7 Å². The molecule has 0 radical (unpaired) electrons. The smallest absolute Gasteiger partial charge is 0.251 e. The van der Waals surface area contributed by atoms with Crippen LogP contribution in [-0.2, 0) is 11.2 Å². The highest BCUT2D eigenvalue weighted by molar-refractivity contribution is 7.17. The maximum Gasteiger partial charge on any atom is 0.251 e. The highest BCUT2D eigenvalue weighted by Gasteiger charge is 2.26. The van der Waals surface area contributed by atoms with Crippen LogP contribution in [0.5, 0.6) is 11.5 Å². The van der Waals surface area contributed by atoms with Gasteiger partial charge in [0.25, 0.3) is 5.91 Å². The number of hydrogen-bond acceptors (Lipinski definition) is 5. The van der Waals surface area contributed by atoms with Crippen LogP contribution in [-0.4, -0.2) is 18.6 Å². The Hall–Kier alpha value is -2.54. The van der Waals surface area contributed by atoms with Gasteiger partial charge in [0.05, 0.1) is 5.56 Å². The summed E-state index contributed by atoms with van der Waals surface area (Å²) in [5.74, 6) is 0.747. The van der Waals surface area contributed by atoms with E-state index in [-0.39, 0.29) is 12.7 Å². The molecule has 3 N–H and O–H groups in total. The summed E-state index contributed by atoms with van der Waals surface area (Å²) < 4.78 is 10.7. The van der Waals surface area contributed by atoms with Crippen molar-refractivity contribution in [2.45, 2.75) is 34.1 Å². The zero-order valence-corrected chi connectivity index (χ0v) is 16.1. The molecule has 1 aliphatic heterocycles. The zero-order chi connectivity index (χ0) is 19.1. The molecule has 0 unspecified atom stereocenters. The van der Waals surface area contributed by atoms with E-state index in [1.165, 1.54) is 11.3 Å². The summed E-state index contributed by atoms with van der Waals surface area (Å²) in [6, 6.07) is 5.76. The Morgan fingerprint density at radius 2 is 1.92 bits per heavy atom. The van der Waals surface area contributed by atoms with Gasteiger partial charge in [-0.3, -0.25) is 9.59 Å². The van der Waals surface area contributed by atoms with Crippen LogP contribution in [0, 0.1) is 12.3 Å². The number of carbonyl (C=O) groups is 2. The summed E-state index contributed by atoms with van der Waals surface area (Å²) >= 11 is 1.38. The van der Waals surface area contributed by atoms with E-state index in [0.717, 1.165) is 21.8 Å². The van der Waals surface area contributed by atoms with Gasteiger partial charge >= 0.3 is 0 Å². The quantitative estimate of drug-likeness (QED) is 0.857. The topological polar surface area (TPSA) is 90.7 Å². The van der Waals surface area contributed by atoms with Crippen molar-refractivity contribution in [3.05, 3.63) is 39.8 Å². The number of primary amides is 1. The Morgan fingerprint density at radius 1 is 1.23 bits per heavy atom. The minimum absolute atomic E-state index is 0.157. The number of rotatable bonds is 4. The van der Waals surface area contributed by atoms with Crippen LogP contribution < -0.4 is 20.5 Å². The first-order valence-electron chi connectivity index (χ1n) is 8.29. The molecule has 0 bridgehead atoms. The van der Waals surface area contributed by atoms with Gasteiger partial charge in [-0.2, -0.15) is 0 Å². The molecule has 0 fully saturated rings. The number of carbonyl (C=O) groups excluding carboxylic acids is 2. The van der Waals surface area contributed by atoms with Crippen molar-refractivity contribution in [2.75, 3.05) is 12.1 Å². The Balaban J connectivity index is 1.91. The molecule has 0 saturated carbocycles. The minimum atomic E-state index is -0.565. The number of benzene rings is 1. The molecule has 3 rings (SSSR count). The summed E-state index contributed by atoms with van der Waals surface area (Å²) in [6.45, 7) is 7.54. The molecule has 1 aromatic heterocycles. The Labute approximate surface area is 156 Å². The molecule has 0 saturated heterocycles. The number of nitrogens with one attached hydrogen (secondary N) is 1. The average Bonchev–Trinajstić information content (AvgIpc) is 3.11. The second-order valence-corrected chi connectivity index (χ2v) is 8.39. The van der Waals surface area contributed by atoms with Gasteiger partial charge in [-0.25, -0.2) is 0 Å². The SMILES string of the molecule is Cc1c(Cc2ccc3c(c2)OCO3)sc(NC(=O)C(C)(C)C)c1C(N)=O. The Bertz CT molecular complexity index is 880. The Kier molecular flexibility index (Phi) is 4.66. The molecule has 26 heavy (non-hydrogen) atoms. The second kappa shape index (κ2) is 6.64. The Morgan fingerprint density at radius 3 is 2.58 bits per heavy atom. The van der Waals surface area contributed by atoms with Gasteiger partial charge in [0.1, 0.15) is 5.00 Å². The van der Waals surface area contributed by atoms with Crippen LogP contribution >= 0.6 is 11.3 Å². The molecule has 2 heterocycles. The van der Waals surface area contributed by atoms with E-state index >= 15 is 0 Å². The van der Waals surface area contributed by atoms with Crippen molar-refractivity contribution >= 4 is 28.2 Å². The third kappa shape index (κ3) is 3.53. The van der Waals surface area contributed by atoms with Crippen LogP contribution in [0.2, 0.25) is 0 Å². The number of amides is 2. The summed E-state index contributed by atoms with van der Waals surface area (Å²) in [4.78, 5) is 25.2. The molecule has 0 spiro atoms. The maximum absolute atomic E-state index is 12.3. The standard InChI is InChI=1S/C19H22N2O4S/c1-10-14(8-11-5-6-12-13(7-11)25-9-24-12)26-17(15(10)16(20)22)21-18(23)19(2,3)4/h5-7H,8-9H2,1-4H3,(H2,20,22)(H,21,23). The minimum Gasteiger partial charge on any atom is -0.454 e. The first kappa shape index (κ1) is 18.3. The molecule has 2 amide bonds. The average molecular weight is 374 g/mol. The van der Waals surface area contributed by atoms with Crippen molar-refractivity contribution in [1.29, 1.82) is 0 Å². The summed E-state index contributed by atoms with van der Waals surface area (Å²) in [5.41, 5.74) is 7.20. The maximum atomic E-state index is 12.3. The number of thiophene rings is 1. The van der Waals surface area contributed by atoms with Crippen LogP contribution in [0.3, 0.4) is 0 Å². The van der Waals surface area contributed by atoms with E-state index in [2.05, 4.69) is 5.32 Å².